The predicted octanol–water partition coefficient (Wildman–Crippen LogP) is 1.20. The number of nitrogens with two attached hydrogens (primary N) is 1. The molecular formula is C16H24N2O3. The van der Waals surface area contributed by atoms with Gasteiger partial charge in [-0.15, -0.1) is 0 Å². The van der Waals surface area contributed by atoms with Gasteiger partial charge in [0.2, 0.25) is 5.91 Å². The number of benzene rings is 1. The van der Waals surface area contributed by atoms with Gasteiger partial charge in [0.05, 0.1) is 13.7 Å². The van der Waals surface area contributed by atoms with Gasteiger partial charge in [0.1, 0.15) is 11.8 Å². The predicted molar refractivity (Wildman–Crippen MR) is 81.3 cm³/mol. The molecule has 2 atom stereocenters. The number of methoxy groups -OCH3 is 2. The number of amides is 1. The molecular weight excluding hydrogens is 268 g/mol. The number of nitrogens with zero attached hydrogens (tertiary/aromatic N) is 1. The number of likely N-dealkylation sites (tertiary alicyclic amines) is 1. The summed E-state index contributed by atoms with van der Waals surface area (Å²) in [6.07, 6.45) is 2.82. The van der Waals surface area contributed by atoms with E-state index in [1.807, 2.05) is 23.1 Å². The standard InChI is InChI=1S/C16H24N2O3/c1-20-11-14(17)16(19)18-9-5-7-13(18)10-12-6-3-4-8-15(12)21-2/h3-4,6,8,13-14H,5,7,9-11,17H2,1-2H3. The summed E-state index contributed by atoms with van der Waals surface area (Å²) >= 11 is 0. The molecule has 1 heterocycles. The van der Waals surface area contributed by atoms with Gasteiger partial charge in [0, 0.05) is 19.7 Å². The lowest BCUT2D eigenvalue weighted by atomic mass is 10.0. The van der Waals surface area contributed by atoms with Crippen LogP contribution in [0.3, 0.4) is 0 Å². The number of para-hydroxylation sites is 1. The Kier molecular flexibility index (Phi) is 5.59. The molecule has 1 aromatic carbocycles. The van der Waals surface area contributed by atoms with Crippen molar-refractivity contribution in [1.82, 2.24) is 4.90 Å². The quantitative estimate of drug-likeness (QED) is 0.856. The molecule has 1 aliphatic heterocycles. The Balaban J connectivity index is 2.06. The maximum Gasteiger partial charge on any atom is 0.242 e. The first-order valence-corrected chi connectivity index (χ1v) is 7.34. The van der Waals surface area contributed by atoms with E-state index >= 15 is 0 Å². The molecule has 2 N–H and O–H groups in total. The molecule has 0 spiro atoms. The lowest BCUT2D eigenvalue weighted by molar-refractivity contribution is -0.134. The van der Waals surface area contributed by atoms with Crippen LogP contribution in [-0.4, -0.2) is 50.3 Å². The largest absolute Gasteiger partial charge is 0.496 e. The smallest absolute Gasteiger partial charge is 0.242 e. The summed E-state index contributed by atoms with van der Waals surface area (Å²) in [6, 6.07) is 7.57. The molecule has 116 valence electrons. The number of hydrogen-bond acceptors (Lipinski definition) is 4. The van der Waals surface area contributed by atoms with E-state index in [1.54, 1.807) is 14.2 Å². The molecule has 0 saturated carbocycles. The van der Waals surface area contributed by atoms with Crippen molar-refractivity contribution in [2.75, 3.05) is 27.4 Å². The summed E-state index contributed by atoms with van der Waals surface area (Å²) in [5, 5.41) is 0. The first kappa shape index (κ1) is 15.8. The number of carbonyl (C=O) groups excluding carboxylic acids is 1. The van der Waals surface area contributed by atoms with Gasteiger partial charge < -0.3 is 20.1 Å². The highest BCUT2D eigenvalue weighted by atomic mass is 16.5. The Bertz CT molecular complexity index is 478. The lowest BCUT2D eigenvalue weighted by Gasteiger charge is -2.27. The fourth-order valence-electron chi connectivity index (χ4n) is 2.93. The molecule has 5 nitrogen and oxygen atoms in total. The van der Waals surface area contributed by atoms with Crippen LogP contribution in [0.25, 0.3) is 0 Å². The van der Waals surface area contributed by atoms with Crippen LogP contribution >= 0.6 is 0 Å². The van der Waals surface area contributed by atoms with Crippen molar-refractivity contribution in [2.45, 2.75) is 31.3 Å². The van der Waals surface area contributed by atoms with Gasteiger partial charge in [-0.1, -0.05) is 18.2 Å². The molecule has 1 aliphatic rings. The Morgan fingerprint density at radius 3 is 2.90 bits per heavy atom. The monoisotopic (exact) mass is 292 g/mol. The van der Waals surface area contributed by atoms with Gasteiger partial charge >= 0.3 is 0 Å². The van der Waals surface area contributed by atoms with Crippen molar-refractivity contribution in [3.05, 3.63) is 29.8 Å². The Hall–Kier alpha value is -1.59. The van der Waals surface area contributed by atoms with E-state index in [-0.39, 0.29) is 18.6 Å². The molecule has 0 aromatic heterocycles. The van der Waals surface area contributed by atoms with Crippen LogP contribution in [0.4, 0.5) is 0 Å². The second-order valence-electron chi connectivity index (χ2n) is 5.41. The summed E-state index contributed by atoms with van der Waals surface area (Å²) in [6.45, 7) is 1.03. The zero-order valence-electron chi connectivity index (χ0n) is 12.7. The van der Waals surface area contributed by atoms with Gasteiger partial charge in [-0.3, -0.25) is 4.79 Å². The third-order valence-corrected chi connectivity index (χ3v) is 3.97. The second-order valence-corrected chi connectivity index (χ2v) is 5.41. The van der Waals surface area contributed by atoms with E-state index in [0.717, 1.165) is 37.1 Å². The van der Waals surface area contributed by atoms with Gasteiger partial charge in [-0.25, -0.2) is 0 Å². The van der Waals surface area contributed by atoms with Gasteiger partial charge in [-0.05, 0) is 30.9 Å². The van der Waals surface area contributed by atoms with Crippen LogP contribution in [0.1, 0.15) is 18.4 Å². The van der Waals surface area contributed by atoms with E-state index in [2.05, 4.69) is 6.07 Å². The van der Waals surface area contributed by atoms with Crippen LogP contribution in [0, 0.1) is 0 Å². The highest BCUT2D eigenvalue weighted by Crippen LogP contribution is 2.26. The lowest BCUT2D eigenvalue weighted by Crippen LogP contribution is -2.48. The summed E-state index contributed by atoms with van der Waals surface area (Å²) in [5.41, 5.74) is 7.01. The minimum atomic E-state index is -0.576. The van der Waals surface area contributed by atoms with Gasteiger partial charge in [0.25, 0.3) is 0 Å². The Labute approximate surface area is 126 Å². The van der Waals surface area contributed by atoms with Crippen LogP contribution in [0.5, 0.6) is 5.75 Å². The van der Waals surface area contributed by atoms with Gasteiger partial charge in [0.15, 0.2) is 0 Å². The zero-order chi connectivity index (χ0) is 15.2. The minimum absolute atomic E-state index is 0.0192. The van der Waals surface area contributed by atoms with E-state index in [4.69, 9.17) is 15.2 Å². The molecule has 5 heteroatoms. The highest BCUT2D eigenvalue weighted by molar-refractivity contribution is 5.82. The fourth-order valence-corrected chi connectivity index (χ4v) is 2.93. The van der Waals surface area contributed by atoms with Crippen LogP contribution in [0.2, 0.25) is 0 Å². The minimum Gasteiger partial charge on any atom is -0.496 e. The van der Waals surface area contributed by atoms with Crippen molar-refractivity contribution < 1.29 is 14.3 Å². The normalized spacial score (nSPS) is 19.6. The SMILES string of the molecule is COCC(N)C(=O)N1CCCC1Cc1ccccc1OC. The molecule has 1 fully saturated rings. The summed E-state index contributed by atoms with van der Waals surface area (Å²) in [7, 11) is 3.23. The first-order valence-electron chi connectivity index (χ1n) is 7.34. The van der Waals surface area contributed by atoms with E-state index in [0.29, 0.717) is 0 Å². The van der Waals surface area contributed by atoms with Crippen molar-refractivity contribution in [3.8, 4) is 5.75 Å². The molecule has 1 saturated heterocycles. The summed E-state index contributed by atoms with van der Waals surface area (Å²) in [4.78, 5) is 14.3. The highest BCUT2D eigenvalue weighted by Gasteiger charge is 2.32. The van der Waals surface area contributed by atoms with E-state index in [1.165, 1.54) is 0 Å². The van der Waals surface area contributed by atoms with Crippen LogP contribution in [-0.2, 0) is 16.0 Å². The van der Waals surface area contributed by atoms with Crippen molar-refractivity contribution in [2.24, 2.45) is 5.73 Å². The molecule has 1 amide bonds. The second kappa shape index (κ2) is 7.43. The topological polar surface area (TPSA) is 64.8 Å². The zero-order valence-corrected chi connectivity index (χ0v) is 12.7. The number of hydrogen-bond donors (Lipinski definition) is 1. The molecule has 0 radical (unpaired) electrons. The number of carbonyl (C=O) groups is 1. The molecule has 2 rings (SSSR count). The molecule has 2 unspecified atom stereocenters. The van der Waals surface area contributed by atoms with E-state index in [9.17, 15) is 4.79 Å². The Morgan fingerprint density at radius 1 is 1.43 bits per heavy atom. The van der Waals surface area contributed by atoms with Crippen molar-refractivity contribution >= 4 is 5.91 Å². The number of rotatable bonds is 6. The molecule has 0 aliphatic carbocycles. The Morgan fingerprint density at radius 2 is 2.19 bits per heavy atom. The van der Waals surface area contributed by atoms with Crippen LogP contribution < -0.4 is 10.5 Å². The summed E-state index contributed by atoms with van der Waals surface area (Å²) in [5.74, 6) is 0.854. The molecule has 1 aromatic rings. The first-order chi connectivity index (χ1) is 10.2. The third-order valence-electron chi connectivity index (χ3n) is 3.97. The van der Waals surface area contributed by atoms with Gasteiger partial charge in [-0.2, -0.15) is 0 Å². The molecule has 21 heavy (non-hydrogen) atoms. The molecule has 0 bridgehead atoms. The maximum atomic E-state index is 12.4. The van der Waals surface area contributed by atoms with Crippen LogP contribution in [0.15, 0.2) is 24.3 Å². The summed E-state index contributed by atoms with van der Waals surface area (Å²) < 4.78 is 10.4. The number of ether oxygens (including phenoxy) is 2. The third kappa shape index (κ3) is 3.74. The van der Waals surface area contributed by atoms with E-state index < -0.39 is 6.04 Å². The maximum absolute atomic E-state index is 12.4. The van der Waals surface area contributed by atoms with Crippen molar-refractivity contribution in [3.63, 3.8) is 0 Å². The average Bonchev–Trinajstić information content (AvgIpc) is 2.95. The fraction of sp³-hybridized carbons (Fsp3) is 0.562. The average molecular weight is 292 g/mol. The van der Waals surface area contributed by atoms with Crippen molar-refractivity contribution in [1.29, 1.82) is 0 Å².